The van der Waals surface area contributed by atoms with E-state index in [0.29, 0.717) is 9.66 Å². The van der Waals surface area contributed by atoms with Crippen molar-refractivity contribution in [1.82, 2.24) is 9.78 Å². The first-order valence-electron chi connectivity index (χ1n) is 3.80. The Kier molecular flexibility index (Phi) is 2.20. The van der Waals surface area contributed by atoms with Gasteiger partial charge < -0.3 is 5.10 Å². The fourth-order valence-corrected chi connectivity index (χ4v) is 1.58. The average molecular weight is 211 g/mol. The fraction of sp³-hybridized carbons (Fsp3) is 0. The van der Waals surface area contributed by atoms with E-state index >= 15 is 0 Å². The number of aromatic amines is 1. The number of H-pyrrole nitrogens is 1. The van der Waals surface area contributed by atoms with Crippen LogP contribution in [0.3, 0.4) is 0 Å². The van der Waals surface area contributed by atoms with Crippen molar-refractivity contribution in [3.05, 3.63) is 46.2 Å². The lowest BCUT2D eigenvalue weighted by Crippen LogP contribution is -1.96. The molecule has 0 aliphatic heterocycles. The first-order chi connectivity index (χ1) is 6.29. The van der Waals surface area contributed by atoms with Gasteiger partial charge in [-0.3, -0.25) is 0 Å². The number of benzene rings is 1. The second-order valence-electron chi connectivity index (χ2n) is 2.59. The molecular weight excluding hydrogens is 204 g/mol. The second kappa shape index (κ2) is 3.36. The van der Waals surface area contributed by atoms with Crippen LogP contribution in [0.1, 0.15) is 0 Å². The molecular formula is C9H7ClN2S. The van der Waals surface area contributed by atoms with Gasteiger partial charge in [-0.25, -0.2) is 4.68 Å². The maximum absolute atomic E-state index is 6.00. The number of halogens is 1. The van der Waals surface area contributed by atoms with Crippen molar-refractivity contribution in [3.63, 3.8) is 0 Å². The molecule has 0 aliphatic carbocycles. The molecule has 2 aromatic rings. The Balaban J connectivity index is 2.66. The second-order valence-corrected chi connectivity index (χ2v) is 3.41. The Hall–Kier alpha value is -1.06. The molecule has 66 valence electrons. The molecule has 4 heteroatoms. The van der Waals surface area contributed by atoms with E-state index in [-0.39, 0.29) is 0 Å². The largest absolute Gasteiger partial charge is 0.300 e. The van der Waals surface area contributed by atoms with E-state index < -0.39 is 0 Å². The van der Waals surface area contributed by atoms with Crippen LogP contribution >= 0.6 is 23.8 Å². The fourth-order valence-electron chi connectivity index (χ4n) is 1.14. The summed E-state index contributed by atoms with van der Waals surface area (Å²) < 4.78 is 2.48. The Bertz CT molecular complexity index is 472. The molecule has 13 heavy (non-hydrogen) atoms. The van der Waals surface area contributed by atoms with Crippen molar-refractivity contribution in [2.75, 3.05) is 0 Å². The number of rotatable bonds is 1. The molecule has 0 unspecified atom stereocenters. The average Bonchev–Trinajstić information content (AvgIpc) is 2.52. The normalized spacial score (nSPS) is 10.2. The van der Waals surface area contributed by atoms with Crippen molar-refractivity contribution < 1.29 is 0 Å². The van der Waals surface area contributed by atoms with Crippen molar-refractivity contribution in [2.45, 2.75) is 0 Å². The predicted octanol–water partition coefficient (Wildman–Crippen LogP) is 3.19. The van der Waals surface area contributed by atoms with Gasteiger partial charge in [-0.2, -0.15) is 0 Å². The number of hydrogen-bond acceptors (Lipinski definition) is 1. The Morgan fingerprint density at radius 2 is 2.00 bits per heavy atom. The van der Waals surface area contributed by atoms with Crippen molar-refractivity contribution in [3.8, 4) is 5.69 Å². The smallest absolute Gasteiger partial charge is 0.127 e. The Labute approximate surface area is 85.8 Å². The maximum Gasteiger partial charge on any atom is 0.127 e. The highest BCUT2D eigenvalue weighted by Crippen LogP contribution is 2.18. The van der Waals surface area contributed by atoms with Gasteiger partial charge in [0, 0.05) is 6.20 Å². The lowest BCUT2D eigenvalue weighted by molar-refractivity contribution is 0.869. The van der Waals surface area contributed by atoms with E-state index in [1.807, 2.05) is 30.3 Å². The summed E-state index contributed by atoms with van der Waals surface area (Å²) in [5.74, 6) is 0. The molecule has 0 saturated heterocycles. The molecule has 0 fully saturated rings. The highest BCUT2D eigenvalue weighted by Gasteiger charge is 2.00. The molecule has 0 radical (unpaired) electrons. The number of para-hydroxylation sites is 1. The van der Waals surface area contributed by atoms with Crippen molar-refractivity contribution in [1.29, 1.82) is 0 Å². The number of hydrogen-bond donors (Lipinski definition) is 1. The number of nitrogens with one attached hydrogen (secondary N) is 1. The zero-order valence-electron chi connectivity index (χ0n) is 6.70. The molecule has 0 saturated carbocycles. The molecule has 1 aromatic carbocycles. The van der Waals surface area contributed by atoms with Crippen LogP contribution in [-0.2, 0) is 0 Å². The third-order valence-corrected chi connectivity index (χ3v) is 2.38. The highest BCUT2D eigenvalue weighted by atomic mass is 35.5. The minimum absolute atomic E-state index is 0.682. The minimum atomic E-state index is 0.682. The zero-order valence-corrected chi connectivity index (χ0v) is 8.27. The van der Waals surface area contributed by atoms with Gasteiger partial charge in [-0.15, -0.1) is 0 Å². The summed E-state index contributed by atoms with van der Waals surface area (Å²) in [6.45, 7) is 0. The summed E-state index contributed by atoms with van der Waals surface area (Å²) in [5, 5.41) is 3.67. The molecule has 0 bridgehead atoms. The van der Waals surface area contributed by atoms with Crippen LogP contribution in [0.2, 0.25) is 5.02 Å². The quantitative estimate of drug-likeness (QED) is 0.717. The van der Waals surface area contributed by atoms with Gasteiger partial charge >= 0.3 is 0 Å². The molecule has 1 heterocycles. The van der Waals surface area contributed by atoms with Gasteiger partial charge in [-0.1, -0.05) is 36.0 Å². The van der Waals surface area contributed by atoms with Crippen molar-refractivity contribution in [2.24, 2.45) is 0 Å². The molecule has 1 aromatic heterocycles. The Morgan fingerprint density at radius 1 is 1.23 bits per heavy atom. The lowest BCUT2D eigenvalue weighted by Gasteiger charge is -2.03. The van der Waals surface area contributed by atoms with Crippen LogP contribution in [0.25, 0.3) is 5.69 Å². The van der Waals surface area contributed by atoms with Gasteiger partial charge in [0.25, 0.3) is 0 Å². The summed E-state index contributed by atoms with van der Waals surface area (Å²) in [6, 6.07) is 9.37. The van der Waals surface area contributed by atoms with E-state index in [0.717, 1.165) is 5.69 Å². The third kappa shape index (κ3) is 1.53. The van der Waals surface area contributed by atoms with Gasteiger partial charge in [0.15, 0.2) is 0 Å². The van der Waals surface area contributed by atoms with Crippen LogP contribution in [0.5, 0.6) is 0 Å². The third-order valence-electron chi connectivity index (χ3n) is 1.74. The summed E-state index contributed by atoms with van der Waals surface area (Å²) in [4.78, 5) is 0. The molecule has 0 aliphatic rings. The maximum atomic E-state index is 6.00. The van der Waals surface area contributed by atoms with E-state index in [2.05, 4.69) is 5.10 Å². The van der Waals surface area contributed by atoms with E-state index in [1.165, 1.54) is 0 Å². The monoisotopic (exact) mass is 210 g/mol. The minimum Gasteiger partial charge on any atom is -0.300 e. The van der Waals surface area contributed by atoms with Gasteiger partial charge in [0.1, 0.15) is 4.64 Å². The number of nitrogens with zero attached hydrogens (tertiary/aromatic N) is 1. The lowest BCUT2D eigenvalue weighted by atomic mass is 10.3. The SMILES string of the molecule is S=c1cc[nH]n1-c1ccccc1Cl. The molecule has 0 spiro atoms. The summed E-state index contributed by atoms with van der Waals surface area (Å²) >= 11 is 11.1. The zero-order chi connectivity index (χ0) is 9.26. The van der Waals surface area contributed by atoms with E-state index in [9.17, 15) is 0 Å². The van der Waals surface area contributed by atoms with Crippen LogP contribution in [0, 0.1) is 4.64 Å². The standard InChI is InChI=1S/C9H7ClN2S/c10-7-3-1-2-4-8(7)12-9(13)5-6-11-12/h1-6,11H. The van der Waals surface area contributed by atoms with E-state index in [4.69, 9.17) is 23.8 Å². The van der Waals surface area contributed by atoms with Crippen molar-refractivity contribution >= 4 is 23.8 Å². The number of aromatic nitrogens is 2. The summed E-state index contributed by atoms with van der Waals surface area (Å²) in [5.41, 5.74) is 0.874. The van der Waals surface area contributed by atoms with Gasteiger partial charge in [0.2, 0.25) is 0 Å². The molecule has 0 atom stereocenters. The van der Waals surface area contributed by atoms with Gasteiger partial charge in [-0.05, 0) is 18.2 Å². The molecule has 2 rings (SSSR count). The first-order valence-corrected chi connectivity index (χ1v) is 4.59. The van der Waals surface area contributed by atoms with Crippen LogP contribution in [-0.4, -0.2) is 9.78 Å². The van der Waals surface area contributed by atoms with Crippen LogP contribution < -0.4 is 0 Å². The topological polar surface area (TPSA) is 20.7 Å². The van der Waals surface area contributed by atoms with Crippen LogP contribution in [0.4, 0.5) is 0 Å². The van der Waals surface area contributed by atoms with E-state index in [1.54, 1.807) is 10.9 Å². The molecule has 2 nitrogen and oxygen atoms in total. The first kappa shape index (κ1) is 8.53. The molecule has 1 N–H and O–H groups in total. The van der Waals surface area contributed by atoms with Gasteiger partial charge in [0.05, 0.1) is 10.7 Å². The summed E-state index contributed by atoms with van der Waals surface area (Å²) in [7, 11) is 0. The highest BCUT2D eigenvalue weighted by molar-refractivity contribution is 7.71. The summed E-state index contributed by atoms with van der Waals surface area (Å²) in [6.07, 6.45) is 1.78. The van der Waals surface area contributed by atoms with Crippen LogP contribution in [0.15, 0.2) is 36.5 Å². The molecule has 0 amide bonds. The predicted molar refractivity (Wildman–Crippen MR) is 56.0 cm³/mol. The Morgan fingerprint density at radius 3 is 2.62 bits per heavy atom.